The monoisotopic (exact) mass is 291 g/mol. The maximum atomic E-state index is 12.5. The van der Waals surface area contributed by atoms with Gasteiger partial charge in [0.1, 0.15) is 0 Å². The number of rotatable bonds is 3. The third kappa shape index (κ3) is 2.84. The van der Waals surface area contributed by atoms with E-state index in [0.29, 0.717) is 21.0 Å². The van der Waals surface area contributed by atoms with Gasteiger partial charge in [-0.05, 0) is 38.1 Å². The first-order valence-corrected chi connectivity index (χ1v) is 7.63. The molecule has 1 aliphatic rings. The lowest BCUT2D eigenvalue weighted by molar-refractivity contribution is 0.576. The summed E-state index contributed by atoms with van der Waals surface area (Å²) < 4.78 is 12.5. The molecule has 0 aliphatic heterocycles. The summed E-state index contributed by atoms with van der Waals surface area (Å²) in [4.78, 5) is 0.659. The zero-order valence-corrected chi connectivity index (χ0v) is 11.9. The Morgan fingerprint density at radius 1 is 1.35 bits per heavy atom. The molecular weight excluding hydrogens is 277 g/mol. The fraction of sp³-hybridized carbons (Fsp3) is 0.500. The molecule has 2 nitrogen and oxygen atoms in total. The summed E-state index contributed by atoms with van der Waals surface area (Å²) >= 11 is 12.0. The Hall–Kier alpha value is -0.0900. The molecule has 0 heterocycles. The van der Waals surface area contributed by atoms with Crippen LogP contribution in [0.1, 0.15) is 19.3 Å². The normalized spacial score (nSPS) is 26.1. The van der Waals surface area contributed by atoms with E-state index in [1.54, 1.807) is 18.2 Å². The first-order chi connectivity index (χ1) is 8.13. The molecule has 3 atom stereocenters. The predicted octanol–water partition coefficient (Wildman–Crippen LogP) is 3.24. The number of hydrogen-bond acceptors (Lipinski definition) is 2. The Labute approximate surface area is 114 Å². The van der Waals surface area contributed by atoms with Crippen LogP contribution in [-0.2, 0) is 10.8 Å². The van der Waals surface area contributed by atoms with Gasteiger partial charge in [-0.15, -0.1) is 0 Å². The van der Waals surface area contributed by atoms with Crippen molar-refractivity contribution in [1.29, 1.82) is 0 Å². The molecule has 2 rings (SSSR count). The summed E-state index contributed by atoms with van der Waals surface area (Å²) in [5.41, 5.74) is 0. The third-order valence-electron chi connectivity index (χ3n) is 3.21. The molecule has 0 radical (unpaired) electrons. The Morgan fingerprint density at radius 2 is 2.12 bits per heavy atom. The van der Waals surface area contributed by atoms with E-state index in [9.17, 15) is 4.21 Å². The fourth-order valence-corrected chi connectivity index (χ4v) is 4.67. The maximum absolute atomic E-state index is 12.5. The molecule has 94 valence electrons. The first-order valence-electron chi connectivity index (χ1n) is 5.66. The lowest BCUT2D eigenvalue weighted by Crippen LogP contribution is -2.35. The van der Waals surface area contributed by atoms with Gasteiger partial charge in [-0.2, -0.15) is 0 Å². The summed E-state index contributed by atoms with van der Waals surface area (Å²) in [7, 11) is 0.827. The number of halogens is 2. The summed E-state index contributed by atoms with van der Waals surface area (Å²) in [5, 5.41) is 4.48. The van der Waals surface area contributed by atoms with E-state index in [1.165, 1.54) is 0 Å². The summed E-state index contributed by atoms with van der Waals surface area (Å²) in [5.74, 6) is 0. The van der Waals surface area contributed by atoms with Crippen LogP contribution in [0.5, 0.6) is 0 Å². The van der Waals surface area contributed by atoms with Crippen molar-refractivity contribution in [3.63, 3.8) is 0 Å². The Morgan fingerprint density at radius 3 is 2.82 bits per heavy atom. The zero-order valence-electron chi connectivity index (χ0n) is 9.58. The van der Waals surface area contributed by atoms with Crippen molar-refractivity contribution in [1.82, 2.24) is 5.32 Å². The molecule has 1 aliphatic carbocycles. The highest BCUT2D eigenvalue weighted by molar-refractivity contribution is 7.86. The molecule has 0 amide bonds. The highest BCUT2D eigenvalue weighted by Gasteiger charge is 2.32. The van der Waals surface area contributed by atoms with E-state index in [2.05, 4.69) is 5.32 Å². The van der Waals surface area contributed by atoms with Crippen LogP contribution in [-0.4, -0.2) is 22.5 Å². The summed E-state index contributed by atoms with van der Waals surface area (Å²) in [6.45, 7) is 0. The number of nitrogens with one attached hydrogen (secondary N) is 1. The van der Waals surface area contributed by atoms with Crippen LogP contribution >= 0.6 is 23.2 Å². The van der Waals surface area contributed by atoms with Gasteiger partial charge in [-0.3, -0.25) is 4.21 Å². The second-order valence-electron chi connectivity index (χ2n) is 4.24. The minimum absolute atomic E-state index is 0.135. The van der Waals surface area contributed by atoms with Gasteiger partial charge in [0.25, 0.3) is 0 Å². The van der Waals surface area contributed by atoms with E-state index in [4.69, 9.17) is 23.2 Å². The minimum Gasteiger partial charge on any atom is -0.316 e. The van der Waals surface area contributed by atoms with E-state index < -0.39 is 10.8 Å². The quantitative estimate of drug-likeness (QED) is 0.926. The minimum atomic E-state index is -1.09. The van der Waals surface area contributed by atoms with Crippen molar-refractivity contribution >= 4 is 34.0 Å². The second-order valence-corrected chi connectivity index (χ2v) is 6.72. The molecule has 3 unspecified atom stereocenters. The molecule has 5 heteroatoms. The highest BCUT2D eigenvalue weighted by atomic mass is 35.5. The molecule has 17 heavy (non-hydrogen) atoms. The first kappa shape index (κ1) is 13.3. The van der Waals surface area contributed by atoms with Crippen molar-refractivity contribution < 1.29 is 4.21 Å². The average Bonchev–Trinajstić information content (AvgIpc) is 2.79. The third-order valence-corrected chi connectivity index (χ3v) is 5.77. The van der Waals surface area contributed by atoms with E-state index in [1.807, 2.05) is 7.05 Å². The summed E-state index contributed by atoms with van der Waals surface area (Å²) in [6.07, 6.45) is 3.16. The van der Waals surface area contributed by atoms with Gasteiger partial charge in [0.2, 0.25) is 0 Å². The molecule has 1 aromatic carbocycles. The van der Waals surface area contributed by atoms with Crippen LogP contribution in [0.2, 0.25) is 10.0 Å². The average molecular weight is 292 g/mol. The smallest absolute Gasteiger partial charge is 0.0592 e. The molecule has 1 aromatic rings. The molecule has 1 saturated carbocycles. The van der Waals surface area contributed by atoms with Gasteiger partial charge in [-0.25, -0.2) is 0 Å². The van der Waals surface area contributed by atoms with Crippen molar-refractivity contribution in [2.75, 3.05) is 7.05 Å². The number of benzene rings is 1. The fourth-order valence-electron chi connectivity index (χ4n) is 2.31. The molecule has 1 fully saturated rings. The molecule has 0 spiro atoms. The van der Waals surface area contributed by atoms with E-state index >= 15 is 0 Å². The van der Waals surface area contributed by atoms with Crippen LogP contribution in [0.25, 0.3) is 0 Å². The van der Waals surface area contributed by atoms with Crippen molar-refractivity contribution in [3.05, 3.63) is 28.2 Å². The molecule has 0 saturated heterocycles. The zero-order chi connectivity index (χ0) is 12.4. The second kappa shape index (κ2) is 5.70. The molecule has 1 N–H and O–H groups in total. The van der Waals surface area contributed by atoms with E-state index in [0.717, 1.165) is 19.3 Å². The van der Waals surface area contributed by atoms with Gasteiger partial charge in [0.15, 0.2) is 0 Å². The predicted molar refractivity (Wildman–Crippen MR) is 73.4 cm³/mol. The van der Waals surface area contributed by atoms with Crippen molar-refractivity contribution in [2.45, 2.75) is 35.4 Å². The van der Waals surface area contributed by atoms with Gasteiger partial charge in [0.05, 0.1) is 26.0 Å². The van der Waals surface area contributed by atoms with Crippen molar-refractivity contribution in [3.8, 4) is 0 Å². The van der Waals surface area contributed by atoms with Gasteiger partial charge >= 0.3 is 0 Å². The lowest BCUT2D eigenvalue weighted by atomic mass is 10.2. The SMILES string of the molecule is CNC1CCCC1S(=O)c1cc(Cl)ccc1Cl. The Kier molecular flexibility index (Phi) is 4.47. The molecular formula is C12H15Cl2NOS. The van der Waals surface area contributed by atoms with Crippen molar-refractivity contribution in [2.24, 2.45) is 0 Å². The molecule has 0 bridgehead atoms. The van der Waals surface area contributed by atoms with Gasteiger partial charge in [-0.1, -0.05) is 29.6 Å². The maximum Gasteiger partial charge on any atom is 0.0592 e. The molecule has 0 aromatic heterocycles. The van der Waals surface area contributed by atoms with Crippen LogP contribution in [0.4, 0.5) is 0 Å². The van der Waals surface area contributed by atoms with Gasteiger partial charge < -0.3 is 5.32 Å². The standard InChI is InChI=1S/C12H15Cl2NOS/c1-15-10-3-2-4-11(10)17(16)12-7-8(13)5-6-9(12)14/h5-7,10-11,15H,2-4H2,1H3. The largest absolute Gasteiger partial charge is 0.316 e. The van der Waals surface area contributed by atoms with E-state index in [-0.39, 0.29) is 5.25 Å². The van der Waals surface area contributed by atoms with Crippen LogP contribution in [0.3, 0.4) is 0 Å². The van der Waals surface area contributed by atoms with Crippen LogP contribution in [0.15, 0.2) is 23.1 Å². The lowest BCUT2D eigenvalue weighted by Gasteiger charge is -2.19. The highest BCUT2D eigenvalue weighted by Crippen LogP contribution is 2.31. The number of hydrogen-bond donors (Lipinski definition) is 1. The van der Waals surface area contributed by atoms with Crippen LogP contribution < -0.4 is 5.32 Å². The summed E-state index contributed by atoms with van der Waals surface area (Å²) in [6, 6.07) is 5.45. The van der Waals surface area contributed by atoms with Crippen LogP contribution in [0, 0.1) is 0 Å². The van der Waals surface area contributed by atoms with Gasteiger partial charge in [0, 0.05) is 11.1 Å². The Balaban J connectivity index is 2.27. The Bertz CT molecular complexity index is 439. The topological polar surface area (TPSA) is 29.1 Å².